The number of rotatable bonds is 2. The molecule has 120 valence electrons. The van der Waals surface area contributed by atoms with Crippen LogP contribution in [0.2, 0.25) is 8.45 Å². The maximum Gasteiger partial charge on any atom is -1.00 e. The smallest absolute Gasteiger partial charge is 1.00 e. The summed E-state index contributed by atoms with van der Waals surface area (Å²) in [4.78, 5) is 0. The summed E-state index contributed by atoms with van der Waals surface area (Å²) >= 11 is 0.109. The molecule has 5 rings (SSSR count). The van der Waals surface area contributed by atoms with Crippen LogP contribution in [0, 0.1) is 0 Å². The molecular weight excluding hydrogens is 371 g/mol. The average molecular weight is 389 g/mol. The van der Waals surface area contributed by atoms with E-state index in [0.717, 1.165) is 0 Å². The van der Waals surface area contributed by atoms with Gasteiger partial charge in [-0.05, 0) is 0 Å². The van der Waals surface area contributed by atoms with Crippen LogP contribution in [-0.4, -0.2) is 0 Å². The largest absolute Gasteiger partial charge is 1.00 e. The zero-order valence-corrected chi connectivity index (χ0v) is 16.3. The van der Waals surface area contributed by atoms with Crippen LogP contribution in [0.3, 0.4) is 0 Å². The molecule has 3 aliphatic rings. The quantitative estimate of drug-likeness (QED) is 0.618. The van der Waals surface area contributed by atoms with E-state index in [0.29, 0.717) is 15.6 Å². The normalized spacial score (nSPS) is 27.7. The van der Waals surface area contributed by atoms with Gasteiger partial charge < -0.3 is 24.8 Å². The second-order valence-corrected chi connectivity index (χ2v) is 9.44. The van der Waals surface area contributed by atoms with Gasteiger partial charge in [-0.1, -0.05) is 0 Å². The van der Waals surface area contributed by atoms with Gasteiger partial charge in [0, 0.05) is 0 Å². The molecule has 1 heterocycles. The first kappa shape index (κ1) is 18.0. The maximum absolute atomic E-state index is 2.50. The molecule has 0 aromatic heterocycles. The summed E-state index contributed by atoms with van der Waals surface area (Å²) in [6, 6.07) is 18.0. The van der Waals surface area contributed by atoms with Crippen molar-refractivity contribution in [3.63, 3.8) is 0 Å². The Morgan fingerprint density at radius 1 is 0.750 bits per heavy atom. The minimum Gasteiger partial charge on any atom is -1.00 e. The Morgan fingerprint density at radius 3 is 1.62 bits per heavy atom. The second kappa shape index (κ2) is 6.85. The van der Waals surface area contributed by atoms with E-state index in [1.54, 1.807) is 11.1 Å². The third kappa shape index (κ3) is 2.47. The van der Waals surface area contributed by atoms with Crippen molar-refractivity contribution in [2.45, 2.75) is 26.7 Å². The minimum absolute atomic E-state index is 0. The van der Waals surface area contributed by atoms with Crippen LogP contribution >= 0.6 is 0 Å². The predicted molar refractivity (Wildman–Crippen MR) is 88.6 cm³/mol. The van der Waals surface area contributed by atoms with E-state index in [2.05, 4.69) is 72.8 Å². The van der Waals surface area contributed by atoms with Crippen LogP contribution in [-0.2, 0) is 19.2 Å². The second-order valence-electron chi connectivity index (χ2n) is 6.65. The van der Waals surface area contributed by atoms with Gasteiger partial charge in [-0.3, -0.25) is 0 Å². The van der Waals surface area contributed by atoms with Gasteiger partial charge in [-0.15, -0.1) is 0 Å². The molecule has 0 radical (unpaired) electrons. The summed E-state index contributed by atoms with van der Waals surface area (Å²) in [5.41, 5.74) is 6.04. The predicted octanol–water partition coefficient (Wildman–Crippen LogP) is -0.321. The van der Waals surface area contributed by atoms with Crippen LogP contribution in [0.15, 0.2) is 60.7 Å². The van der Waals surface area contributed by atoms with Crippen LogP contribution in [0.5, 0.6) is 0 Å². The van der Waals surface area contributed by atoms with Crippen molar-refractivity contribution in [2.75, 3.05) is 0 Å². The molecule has 0 spiro atoms. The Hall–Kier alpha value is -0.786. The fraction of sp³-hybridized carbons (Fsp3) is 0.238. The molecule has 0 amide bonds. The number of benzene rings is 2. The van der Waals surface area contributed by atoms with Crippen LogP contribution in [0.4, 0.5) is 0 Å². The minimum atomic E-state index is 0. The monoisotopic (exact) mass is 388 g/mol. The van der Waals surface area contributed by atoms with E-state index in [1.807, 2.05) is 0 Å². The Labute approximate surface area is 165 Å². The van der Waals surface area contributed by atoms with Crippen molar-refractivity contribution in [3.8, 4) is 0 Å². The van der Waals surface area contributed by atoms with E-state index in [-0.39, 0.29) is 44.0 Å². The summed E-state index contributed by atoms with van der Waals surface area (Å²) < 4.78 is 2.02. The average Bonchev–Trinajstić information content (AvgIpc) is 3.13. The number of halogens is 2. The molecule has 1 fully saturated rings. The standard InChI is InChI=1S/C21H18.2ClH.Ti/c1-2-17(20-13-11-15-7-3-5-9-18(15)20)21-14-12-16-8-4-6-10-19(16)21;;;/h3-14,20-21H,1-2H2;2*1H;/q;;;+2/p-2. The molecule has 1 saturated heterocycles. The van der Waals surface area contributed by atoms with Crippen molar-refractivity contribution in [1.82, 2.24) is 0 Å². The van der Waals surface area contributed by atoms with Crippen molar-refractivity contribution < 1.29 is 44.0 Å². The van der Waals surface area contributed by atoms with E-state index in [1.165, 1.54) is 22.3 Å². The molecule has 2 unspecified atom stereocenters. The Morgan fingerprint density at radius 2 is 1.21 bits per heavy atom. The van der Waals surface area contributed by atoms with E-state index >= 15 is 0 Å². The summed E-state index contributed by atoms with van der Waals surface area (Å²) in [7, 11) is 0. The summed E-state index contributed by atoms with van der Waals surface area (Å²) in [5.74, 6) is 1.27. The molecule has 2 aliphatic carbocycles. The maximum atomic E-state index is 2.50. The Kier molecular flexibility index (Phi) is 5.14. The van der Waals surface area contributed by atoms with Gasteiger partial charge >= 0.3 is 141 Å². The number of allylic oxidation sites excluding steroid dienone is 2. The van der Waals surface area contributed by atoms with Gasteiger partial charge in [0.15, 0.2) is 0 Å². The Balaban J connectivity index is 0.000000845. The molecule has 0 N–H and O–H groups in total. The van der Waals surface area contributed by atoms with E-state index in [4.69, 9.17) is 0 Å². The molecule has 3 heteroatoms. The fourth-order valence-corrected chi connectivity index (χ4v) is 7.30. The van der Waals surface area contributed by atoms with Crippen LogP contribution < -0.4 is 24.8 Å². The Bertz CT molecular complexity index is 741. The van der Waals surface area contributed by atoms with E-state index in [9.17, 15) is 0 Å². The molecule has 0 saturated carbocycles. The molecule has 0 nitrogen and oxygen atoms in total. The van der Waals surface area contributed by atoms with Gasteiger partial charge in [-0.2, -0.15) is 0 Å². The molecule has 2 aromatic carbocycles. The third-order valence-corrected chi connectivity index (χ3v) is 8.87. The number of hydrogen-bond donors (Lipinski definition) is 0. The van der Waals surface area contributed by atoms with Gasteiger partial charge in [0.1, 0.15) is 0 Å². The zero-order valence-electron chi connectivity index (χ0n) is 13.3. The third-order valence-electron chi connectivity index (χ3n) is 5.70. The van der Waals surface area contributed by atoms with Crippen molar-refractivity contribution >= 4 is 12.2 Å². The van der Waals surface area contributed by atoms with Gasteiger partial charge in [0.2, 0.25) is 0 Å². The van der Waals surface area contributed by atoms with E-state index < -0.39 is 0 Å². The molecule has 0 bridgehead atoms. The first-order valence-corrected chi connectivity index (χ1v) is 10.1. The zero-order chi connectivity index (χ0) is 14.6. The molecule has 24 heavy (non-hydrogen) atoms. The van der Waals surface area contributed by atoms with Crippen LogP contribution in [0.25, 0.3) is 12.2 Å². The van der Waals surface area contributed by atoms with Gasteiger partial charge in [-0.25, -0.2) is 0 Å². The molecule has 2 aromatic rings. The SMILES string of the molecule is C1=CC([C]2(C3C=Cc4ccccc43)C[CH2][Ti+2]2)c2ccccc21.[Cl-].[Cl-]. The summed E-state index contributed by atoms with van der Waals surface area (Å²) in [5, 5.41) is 0. The number of hydrogen-bond acceptors (Lipinski definition) is 0. The van der Waals surface area contributed by atoms with Crippen molar-refractivity contribution in [3.05, 3.63) is 82.9 Å². The van der Waals surface area contributed by atoms with Gasteiger partial charge in [0.05, 0.1) is 0 Å². The number of fused-ring (bicyclic) bond motifs is 2. The van der Waals surface area contributed by atoms with Crippen LogP contribution in [0.1, 0.15) is 40.5 Å². The fourth-order valence-electron chi connectivity index (χ4n) is 4.54. The van der Waals surface area contributed by atoms with Crippen molar-refractivity contribution in [2.24, 2.45) is 0 Å². The molecule has 1 aliphatic heterocycles. The topological polar surface area (TPSA) is 0 Å². The first-order valence-electron chi connectivity index (χ1n) is 8.18. The van der Waals surface area contributed by atoms with Gasteiger partial charge in [0.25, 0.3) is 0 Å². The summed E-state index contributed by atoms with van der Waals surface area (Å²) in [6.07, 6.45) is 11.1. The summed E-state index contributed by atoms with van der Waals surface area (Å²) in [6.45, 7) is 0. The first-order chi connectivity index (χ1) is 10.9. The molecular formula is C21H18Cl2Ti. The molecule has 2 atom stereocenters. The van der Waals surface area contributed by atoms with Crippen molar-refractivity contribution in [1.29, 1.82) is 0 Å².